The summed E-state index contributed by atoms with van der Waals surface area (Å²) in [5.41, 5.74) is 1.26. The van der Waals surface area contributed by atoms with Gasteiger partial charge in [-0.15, -0.1) is 0 Å². The van der Waals surface area contributed by atoms with Crippen LogP contribution < -0.4 is 0 Å². The molecule has 0 radical (unpaired) electrons. The maximum Gasteiger partial charge on any atom is 0.339 e. The van der Waals surface area contributed by atoms with E-state index in [1.165, 1.54) is 105 Å². The van der Waals surface area contributed by atoms with Gasteiger partial charge in [0.15, 0.2) is 0 Å². The second-order valence-electron chi connectivity index (χ2n) is 10.9. The molecule has 0 amide bonds. The largest absolute Gasteiger partial charge is 0.465 e. The molecule has 0 aliphatic rings. The van der Waals surface area contributed by atoms with Crippen LogP contribution in [0.4, 0.5) is 0 Å². The van der Waals surface area contributed by atoms with Crippen molar-refractivity contribution in [2.24, 2.45) is 0 Å². The van der Waals surface area contributed by atoms with Crippen LogP contribution in [0, 0.1) is 0 Å². The average Bonchev–Trinajstić information content (AvgIpc) is 3.25. The molecule has 4 aromatic rings. The molecule has 56 heavy (non-hydrogen) atoms. The van der Waals surface area contributed by atoms with Gasteiger partial charge >= 0.3 is 47.8 Å². The van der Waals surface area contributed by atoms with Crippen LogP contribution in [0.5, 0.6) is 0 Å². The molecule has 16 heteroatoms. The molecule has 0 saturated heterocycles. The van der Waals surface area contributed by atoms with Crippen LogP contribution >= 0.6 is 0 Å². The second-order valence-corrected chi connectivity index (χ2v) is 10.9. The number of hydrogen-bond acceptors (Lipinski definition) is 16. The first-order valence-electron chi connectivity index (χ1n) is 16.0. The molecule has 0 atom stereocenters. The van der Waals surface area contributed by atoms with Gasteiger partial charge in [-0.3, -0.25) is 0 Å². The highest BCUT2D eigenvalue weighted by atomic mass is 16.5. The molecule has 4 rings (SSSR count). The highest BCUT2D eigenvalue weighted by Gasteiger charge is 2.27. The first-order valence-corrected chi connectivity index (χ1v) is 16.0. The molecule has 0 saturated carbocycles. The molecular weight excluding hydrogens is 736 g/mol. The smallest absolute Gasteiger partial charge is 0.339 e. The van der Waals surface area contributed by atoms with Crippen molar-refractivity contribution in [1.82, 2.24) is 0 Å². The molecule has 0 spiro atoms. The van der Waals surface area contributed by atoms with Crippen molar-refractivity contribution in [3.8, 4) is 22.3 Å². The first kappa shape index (κ1) is 43.0. The fourth-order valence-corrected chi connectivity index (χ4v) is 5.35. The van der Waals surface area contributed by atoms with Crippen molar-refractivity contribution in [2.75, 3.05) is 56.9 Å². The minimum Gasteiger partial charge on any atom is -0.465 e. The summed E-state index contributed by atoms with van der Waals surface area (Å²) in [6.07, 6.45) is 0. The van der Waals surface area contributed by atoms with Gasteiger partial charge in [-0.2, -0.15) is 0 Å². The van der Waals surface area contributed by atoms with Crippen LogP contribution in [-0.2, 0) is 37.9 Å². The van der Waals surface area contributed by atoms with Crippen LogP contribution in [0.2, 0.25) is 0 Å². The van der Waals surface area contributed by atoms with Gasteiger partial charge in [-0.25, -0.2) is 38.4 Å². The quantitative estimate of drug-likeness (QED) is 0.153. The van der Waals surface area contributed by atoms with E-state index < -0.39 is 47.8 Å². The van der Waals surface area contributed by atoms with Gasteiger partial charge in [0.25, 0.3) is 0 Å². The molecule has 0 bridgehead atoms. The number of esters is 8. The Balaban J connectivity index is 0.000000300. The Morgan fingerprint density at radius 3 is 0.857 bits per heavy atom. The summed E-state index contributed by atoms with van der Waals surface area (Å²) < 4.78 is 37.9. The van der Waals surface area contributed by atoms with Crippen molar-refractivity contribution in [3.63, 3.8) is 0 Å². The van der Waals surface area contributed by atoms with Crippen molar-refractivity contribution in [2.45, 2.75) is 0 Å². The van der Waals surface area contributed by atoms with Gasteiger partial charge in [0.05, 0.1) is 101 Å². The van der Waals surface area contributed by atoms with Gasteiger partial charge in [-0.1, -0.05) is 36.4 Å². The van der Waals surface area contributed by atoms with E-state index in [-0.39, 0.29) is 44.5 Å². The number of hydrogen-bond donors (Lipinski definition) is 0. The van der Waals surface area contributed by atoms with Gasteiger partial charge in [0, 0.05) is 0 Å². The third kappa shape index (κ3) is 9.22. The standard InChI is InChI=1S/2C20H18O8/c2*1-25-17(21)13-9-8-11(10-15(13)19(23)27-3)12-6-5-7-14(18(22)26-2)16(12)20(24)28-4/h2*5-10H,1-4H3. The minimum atomic E-state index is -0.758. The molecule has 0 aromatic heterocycles. The molecule has 0 aliphatic carbocycles. The lowest BCUT2D eigenvalue weighted by molar-refractivity contribution is 0.0555. The normalized spacial score (nSPS) is 10.0. The summed E-state index contributed by atoms with van der Waals surface area (Å²) in [5, 5.41) is 0. The van der Waals surface area contributed by atoms with Crippen molar-refractivity contribution in [1.29, 1.82) is 0 Å². The molecule has 0 N–H and O–H groups in total. The lowest BCUT2D eigenvalue weighted by Gasteiger charge is -2.14. The van der Waals surface area contributed by atoms with Crippen molar-refractivity contribution < 1.29 is 76.3 Å². The van der Waals surface area contributed by atoms with E-state index in [0.29, 0.717) is 22.3 Å². The maximum atomic E-state index is 12.3. The summed E-state index contributed by atoms with van der Waals surface area (Å²) in [4.78, 5) is 97.0. The molecule has 0 fully saturated rings. The predicted octanol–water partition coefficient (Wildman–Crippen LogP) is 5.00. The van der Waals surface area contributed by atoms with Gasteiger partial charge in [0.1, 0.15) is 0 Å². The lowest BCUT2D eigenvalue weighted by Crippen LogP contribution is -2.14. The zero-order valence-corrected chi connectivity index (χ0v) is 31.5. The van der Waals surface area contributed by atoms with Crippen molar-refractivity contribution in [3.05, 3.63) is 117 Å². The number of methoxy groups -OCH3 is 8. The van der Waals surface area contributed by atoms with E-state index in [4.69, 9.17) is 28.4 Å². The summed E-state index contributed by atoms with van der Waals surface area (Å²) in [7, 11) is 9.47. The predicted molar refractivity (Wildman–Crippen MR) is 194 cm³/mol. The monoisotopic (exact) mass is 772 g/mol. The fourth-order valence-electron chi connectivity index (χ4n) is 5.35. The lowest BCUT2D eigenvalue weighted by atomic mass is 9.92. The molecule has 0 heterocycles. The van der Waals surface area contributed by atoms with Crippen LogP contribution in [0.25, 0.3) is 22.3 Å². The van der Waals surface area contributed by atoms with E-state index in [1.807, 2.05) is 0 Å². The van der Waals surface area contributed by atoms with Crippen LogP contribution in [-0.4, -0.2) is 105 Å². The van der Waals surface area contributed by atoms with E-state index in [2.05, 4.69) is 9.47 Å². The molecule has 4 aromatic carbocycles. The Kier molecular flexibility index (Phi) is 15.1. The Morgan fingerprint density at radius 1 is 0.304 bits per heavy atom. The Bertz CT molecular complexity index is 2050. The Labute approximate surface area is 320 Å². The number of ether oxygens (including phenoxy) is 8. The average molecular weight is 773 g/mol. The van der Waals surface area contributed by atoms with Gasteiger partial charge < -0.3 is 37.9 Å². The summed E-state index contributed by atoms with van der Waals surface area (Å²) in [6, 6.07) is 17.6. The zero-order chi connectivity index (χ0) is 41.7. The molecule has 0 aliphatic heterocycles. The highest BCUT2D eigenvalue weighted by Crippen LogP contribution is 2.32. The third-order valence-corrected chi connectivity index (χ3v) is 8.00. The van der Waals surface area contributed by atoms with Gasteiger partial charge in [-0.05, 0) is 58.7 Å². The third-order valence-electron chi connectivity index (χ3n) is 8.00. The summed E-state index contributed by atoms with van der Waals surface area (Å²) >= 11 is 0. The number of carbonyl (C=O) groups is 8. The second kappa shape index (κ2) is 19.6. The minimum absolute atomic E-state index is 0.00170. The van der Waals surface area contributed by atoms with Crippen LogP contribution in [0.1, 0.15) is 82.9 Å². The molecular formula is C40H36O16. The van der Waals surface area contributed by atoms with E-state index in [1.54, 1.807) is 24.3 Å². The highest BCUT2D eigenvalue weighted by molar-refractivity contribution is 6.10. The summed E-state index contributed by atoms with van der Waals surface area (Å²) in [6.45, 7) is 0. The van der Waals surface area contributed by atoms with Crippen LogP contribution in [0.15, 0.2) is 72.8 Å². The first-order chi connectivity index (χ1) is 26.8. The molecule has 292 valence electrons. The van der Waals surface area contributed by atoms with E-state index in [0.717, 1.165) is 0 Å². The number of benzene rings is 4. The van der Waals surface area contributed by atoms with Gasteiger partial charge in [0.2, 0.25) is 0 Å². The summed E-state index contributed by atoms with van der Waals surface area (Å²) in [5.74, 6) is -5.91. The molecule has 0 unspecified atom stereocenters. The van der Waals surface area contributed by atoms with Crippen molar-refractivity contribution >= 4 is 47.8 Å². The molecule has 16 nitrogen and oxygen atoms in total. The maximum absolute atomic E-state index is 12.3. The number of rotatable bonds is 10. The van der Waals surface area contributed by atoms with E-state index >= 15 is 0 Å². The Hall–Kier alpha value is -7.36. The zero-order valence-electron chi connectivity index (χ0n) is 31.5. The topological polar surface area (TPSA) is 210 Å². The SMILES string of the molecule is COC(=O)c1ccc(-c2cccc(C(=O)OC)c2C(=O)OC)cc1C(=O)OC.COC(=O)c1ccc(-c2cccc(C(=O)OC)c2C(=O)OC)cc1C(=O)OC. The van der Waals surface area contributed by atoms with Crippen LogP contribution in [0.3, 0.4) is 0 Å². The number of carbonyl (C=O) groups excluding carboxylic acids is 8. The Morgan fingerprint density at radius 2 is 0.571 bits per heavy atom. The van der Waals surface area contributed by atoms with E-state index in [9.17, 15) is 38.4 Å². The fraction of sp³-hybridized carbons (Fsp3) is 0.200.